The molecule has 0 saturated carbocycles. The highest BCUT2D eigenvalue weighted by Crippen LogP contribution is 2.60. The molecule has 1 spiro atoms. The molecule has 172 valence electrons. The molecular weight excluding hydrogens is 450 g/mol. The van der Waals surface area contributed by atoms with Gasteiger partial charge in [0.05, 0.1) is 35.0 Å². The van der Waals surface area contributed by atoms with Crippen LogP contribution in [0.4, 0.5) is 22.7 Å². The summed E-state index contributed by atoms with van der Waals surface area (Å²) in [5, 5.41) is 9.89. The molecule has 1 aliphatic carbocycles. The van der Waals surface area contributed by atoms with Crippen molar-refractivity contribution in [2.75, 3.05) is 4.90 Å². The van der Waals surface area contributed by atoms with Crippen LogP contribution in [0.3, 0.4) is 0 Å². The highest BCUT2D eigenvalue weighted by atomic mass is 15.2. The van der Waals surface area contributed by atoms with Crippen molar-refractivity contribution in [2.24, 2.45) is 0 Å². The third-order valence-corrected chi connectivity index (χ3v) is 7.76. The smallest absolute Gasteiger partial charge is 0.187 e. The van der Waals surface area contributed by atoms with Gasteiger partial charge in [-0.1, -0.05) is 78.9 Å². The predicted octanol–water partition coefficient (Wildman–Crippen LogP) is 8.18. The third kappa shape index (κ3) is 2.86. The quantitative estimate of drug-likeness (QED) is 0.226. The minimum absolute atomic E-state index is 0.624. The molecule has 0 atom stereocenters. The fraction of sp³-hybridized carbons (Fsp3) is 0.0588. The molecule has 0 fully saturated rings. The molecule has 3 heteroatoms. The average Bonchev–Trinajstić information content (AvgIpc) is 2.97. The second-order valence-corrected chi connectivity index (χ2v) is 9.57. The molecule has 0 unspecified atom stereocenters. The summed E-state index contributed by atoms with van der Waals surface area (Å²) < 4.78 is 0. The molecule has 5 aromatic carbocycles. The van der Waals surface area contributed by atoms with Crippen LogP contribution in [-0.2, 0) is 11.8 Å². The first-order valence-electron chi connectivity index (χ1n) is 12.3. The molecular formula is C34H21N3. The van der Waals surface area contributed by atoms with Crippen molar-refractivity contribution < 1.29 is 0 Å². The first-order chi connectivity index (χ1) is 18.3. The van der Waals surface area contributed by atoms with E-state index in [1.54, 1.807) is 0 Å². The largest absolute Gasteiger partial charge is 0.310 e. The van der Waals surface area contributed by atoms with Crippen LogP contribution in [0, 0.1) is 17.9 Å². The number of para-hydroxylation sites is 3. The molecule has 3 nitrogen and oxygen atoms in total. The van der Waals surface area contributed by atoms with E-state index in [-0.39, 0.29) is 0 Å². The summed E-state index contributed by atoms with van der Waals surface area (Å²) in [6.07, 6.45) is 0.767. The SMILES string of the molecule is [C-]#[N+]c1ccc2c(c1)C1(c3cc(C#N)ccc3C2)c2ccccc2N(c2ccccc2)c2ccccc21. The van der Waals surface area contributed by atoms with E-state index >= 15 is 0 Å². The summed E-state index contributed by atoms with van der Waals surface area (Å²) in [6.45, 7) is 7.78. The van der Waals surface area contributed by atoms with E-state index in [9.17, 15) is 5.26 Å². The van der Waals surface area contributed by atoms with Crippen molar-refractivity contribution in [2.45, 2.75) is 11.8 Å². The monoisotopic (exact) mass is 471 g/mol. The summed E-state index contributed by atoms with van der Waals surface area (Å²) in [5.41, 5.74) is 10.9. The van der Waals surface area contributed by atoms with Gasteiger partial charge in [-0.05, 0) is 76.2 Å². The van der Waals surface area contributed by atoms with Crippen LogP contribution < -0.4 is 4.90 Å². The van der Waals surface area contributed by atoms with Crippen molar-refractivity contribution in [1.82, 2.24) is 0 Å². The fourth-order valence-electron chi connectivity index (χ4n) is 6.32. The molecule has 0 radical (unpaired) electrons. The van der Waals surface area contributed by atoms with Crippen LogP contribution in [0.5, 0.6) is 0 Å². The Morgan fingerprint density at radius 1 is 0.676 bits per heavy atom. The molecule has 0 saturated heterocycles. The Labute approximate surface area is 216 Å². The molecule has 5 aromatic rings. The van der Waals surface area contributed by atoms with Crippen LogP contribution in [0.15, 0.2) is 115 Å². The molecule has 1 aliphatic heterocycles. The maximum Gasteiger partial charge on any atom is 0.187 e. The zero-order valence-corrected chi connectivity index (χ0v) is 20.0. The first kappa shape index (κ1) is 21.2. The highest BCUT2D eigenvalue weighted by molar-refractivity contribution is 5.90. The molecule has 2 aliphatic rings. The van der Waals surface area contributed by atoms with E-state index in [4.69, 9.17) is 6.57 Å². The normalized spacial score (nSPS) is 13.9. The Bertz CT molecular complexity index is 1670. The number of nitriles is 1. The van der Waals surface area contributed by atoms with Gasteiger partial charge in [-0.25, -0.2) is 4.85 Å². The van der Waals surface area contributed by atoms with E-state index in [0.29, 0.717) is 11.3 Å². The van der Waals surface area contributed by atoms with E-state index in [0.717, 1.165) is 45.7 Å². The van der Waals surface area contributed by atoms with Gasteiger partial charge in [0.25, 0.3) is 0 Å². The van der Waals surface area contributed by atoms with Gasteiger partial charge in [0, 0.05) is 5.69 Å². The summed E-state index contributed by atoms with van der Waals surface area (Å²) in [6, 6.07) is 42.2. The van der Waals surface area contributed by atoms with Crippen molar-refractivity contribution in [3.8, 4) is 6.07 Å². The lowest BCUT2D eigenvalue weighted by Gasteiger charge is -2.49. The van der Waals surface area contributed by atoms with Crippen LogP contribution in [0.25, 0.3) is 4.85 Å². The molecule has 0 bridgehead atoms. The fourth-order valence-corrected chi connectivity index (χ4v) is 6.32. The number of nitrogens with zero attached hydrogens (tertiary/aromatic N) is 3. The lowest BCUT2D eigenvalue weighted by molar-refractivity contribution is 0.693. The number of rotatable bonds is 1. The van der Waals surface area contributed by atoms with Gasteiger partial charge in [-0.15, -0.1) is 0 Å². The van der Waals surface area contributed by atoms with Gasteiger partial charge in [-0.2, -0.15) is 5.26 Å². The number of anilines is 3. The van der Waals surface area contributed by atoms with Gasteiger partial charge in [0.1, 0.15) is 0 Å². The molecule has 1 heterocycles. The second-order valence-electron chi connectivity index (χ2n) is 9.57. The summed E-state index contributed by atoms with van der Waals surface area (Å²) >= 11 is 0. The minimum atomic E-state index is -0.658. The van der Waals surface area contributed by atoms with E-state index < -0.39 is 5.41 Å². The van der Waals surface area contributed by atoms with E-state index in [1.165, 1.54) is 11.1 Å². The van der Waals surface area contributed by atoms with Gasteiger partial charge in [0.2, 0.25) is 0 Å². The summed E-state index contributed by atoms with van der Waals surface area (Å²) in [7, 11) is 0. The topological polar surface area (TPSA) is 31.4 Å². The Hall–Kier alpha value is -5.12. The lowest BCUT2D eigenvalue weighted by atomic mass is 9.57. The Kier molecular flexibility index (Phi) is 4.55. The Morgan fingerprint density at radius 2 is 1.27 bits per heavy atom. The van der Waals surface area contributed by atoms with E-state index in [1.807, 2.05) is 18.2 Å². The van der Waals surface area contributed by atoms with E-state index in [2.05, 4.69) is 113 Å². The Morgan fingerprint density at radius 3 is 1.92 bits per heavy atom. The Balaban J connectivity index is 1.69. The number of benzene rings is 5. The lowest BCUT2D eigenvalue weighted by Crippen LogP contribution is -2.41. The molecule has 7 rings (SSSR count). The van der Waals surface area contributed by atoms with Gasteiger partial charge in [0.15, 0.2) is 5.69 Å². The van der Waals surface area contributed by atoms with Gasteiger partial charge < -0.3 is 4.90 Å². The average molecular weight is 472 g/mol. The maximum absolute atomic E-state index is 9.89. The van der Waals surface area contributed by atoms with Crippen molar-refractivity contribution in [3.63, 3.8) is 0 Å². The van der Waals surface area contributed by atoms with Gasteiger partial charge >= 0.3 is 0 Å². The van der Waals surface area contributed by atoms with Crippen LogP contribution in [0.1, 0.15) is 38.9 Å². The summed E-state index contributed by atoms with van der Waals surface area (Å²) in [4.78, 5) is 6.14. The molecule has 0 aromatic heterocycles. The van der Waals surface area contributed by atoms with Gasteiger partial charge in [-0.3, -0.25) is 0 Å². The first-order valence-corrected chi connectivity index (χ1v) is 12.3. The maximum atomic E-state index is 9.89. The summed E-state index contributed by atoms with van der Waals surface area (Å²) in [5.74, 6) is 0. The van der Waals surface area contributed by atoms with Crippen molar-refractivity contribution >= 4 is 22.7 Å². The highest BCUT2D eigenvalue weighted by Gasteiger charge is 2.49. The second kappa shape index (κ2) is 7.95. The minimum Gasteiger partial charge on any atom is -0.310 e. The molecule has 0 amide bonds. The zero-order valence-electron chi connectivity index (χ0n) is 20.0. The van der Waals surface area contributed by atoms with Crippen LogP contribution >= 0.6 is 0 Å². The number of fused-ring (bicyclic) bond motifs is 8. The van der Waals surface area contributed by atoms with Crippen LogP contribution in [-0.4, -0.2) is 0 Å². The third-order valence-electron chi connectivity index (χ3n) is 7.76. The molecule has 0 N–H and O–H groups in total. The van der Waals surface area contributed by atoms with Crippen LogP contribution in [0.2, 0.25) is 0 Å². The number of hydrogen-bond donors (Lipinski definition) is 0. The van der Waals surface area contributed by atoms with Crippen molar-refractivity contribution in [1.29, 1.82) is 5.26 Å². The predicted molar refractivity (Wildman–Crippen MR) is 147 cm³/mol. The standard InChI is InChI=1S/C34H21N3/c1-36-26-18-17-25-20-24-16-15-23(22-35)19-30(24)34(31(25)21-26)28-11-5-7-13-32(28)37(27-9-3-2-4-10-27)33-14-8-6-12-29(33)34/h2-19,21H,20H2. The number of hydrogen-bond acceptors (Lipinski definition) is 2. The zero-order chi connectivity index (χ0) is 25.0. The van der Waals surface area contributed by atoms with Crippen molar-refractivity contribution in [3.05, 3.63) is 166 Å². The molecule has 37 heavy (non-hydrogen) atoms.